The molecule has 0 radical (unpaired) electrons. The largest absolute Gasteiger partial charge is 0.356 e. The number of Topliss-reactive ketones (excluding diaryl/α,β-unsaturated/α-hetero) is 1. The topological polar surface area (TPSA) is 62.0 Å². The Hall–Kier alpha value is -1.84. The van der Waals surface area contributed by atoms with Gasteiger partial charge in [0.05, 0.1) is 0 Å². The van der Waals surface area contributed by atoms with Gasteiger partial charge in [0, 0.05) is 18.3 Å². The van der Waals surface area contributed by atoms with Crippen LogP contribution in [0, 0.1) is 0 Å². The molecular formula is C11H14N2O2. The Labute approximate surface area is 88.4 Å². The van der Waals surface area contributed by atoms with E-state index in [0.717, 1.165) is 0 Å². The van der Waals surface area contributed by atoms with Crippen molar-refractivity contribution in [3.63, 3.8) is 0 Å². The van der Waals surface area contributed by atoms with Gasteiger partial charge in [-0.25, -0.2) is 0 Å². The number of aromatic nitrogens is 1. The Morgan fingerprint density at radius 2 is 2.27 bits per heavy atom. The van der Waals surface area contributed by atoms with Crippen molar-refractivity contribution >= 4 is 11.7 Å². The fourth-order valence-electron chi connectivity index (χ4n) is 1.09. The van der Waals surface area contributed by atoms with E-state index < -0.39 is 0 Å². The summed E-state index contributed by atoms with van der Waals surface area (Å²) in [6, 6.07) is 1.55. The van der Waals surface area contributed by atoms with Crippen LogP contribution in [0.1, 0.15) is 34.7 Å². The lowest BCUT2D eigenvalue weighted by Crippen LogP contribution is -2.23. The van der Waals surface area contributed by atoms with Gasteiger partial charge in [-0.15, -0.1) is 0 Å². The van der Waals surface area contributed by atoms with Crippen LogP contribution in [-0.4, -0.2) is 23.2 Å². The molecule has 1 rings (SSSR count). The number of rotatable bonds is 4. The van der Waals surface area contributed by atoms with Crippen LogP contribution in [0.3, 0.4) is 0 Å². The summed E-state index contributed by atoms with van der Waals surface area (Å²) in [7, 11) is 0. The standard InChI is InChI=1S/C11H14N2O2/c1-3-4-5-12-11(15)10-6-9(7-13-10)8(2)14/h3-4,6-7,13H,5H2,1-2H3,(H,12,15)/b4-3+. The minimum Gasteiger partial charge on any atom is -0.356 e. The molecule has 0 saturated carbocycles. The third-order valence-electron chi connectivity index (χ3n) is 1.95. The predicted octanol–water partition coefficient (Wildman–Crippen LogP) is 1.52. The SMILES string of the molecule is C/C=C/CNC(=O)c1cc(C(C)=O)c[nH]1. The quantitative estimate of drug-likeness (QED) is 0.579. The summed E-state index contributed by atoms with van der Waals surface area (Å²) < 4.78 is 0. The monoisotopic (exact) mass is 206 g/mol. The first-order valence-corrected chi connectivity index (χ1v) is 4.74. The van der Waals surface area contributed by atoms with Crippen molar-refractivity contribution < 1.29 is 9.59 Å². The van der Waals surface area contributed by atoms with Gasteiger partial charge in [-0.3, -0.25) is 9.59 Å². The Bertz CT molecular complexity index is 391. The van der Waals surface area contributed by atoms with Gasteiger partial charge < -0.3 is 10.3 Å². The summed E-state index contributed by atoms with van der Waals surface area (Å²) in [5.41, 5.74) is 0.927. The summed E-state index contributed by atoms with van der Waals surface area (Å²) in [6.07, 6.45) is 5.23. The van der Waals surface area contributed by atoms with Crippen molar-refractivity contribution in [2.75, 3.05) is 6.54 Å². The predicted molar refractivity (Wildman–Crippen MR) is 57.9 cm³/mol. The van der Waals surface area contributed by atoms with E-state index in [2.05, 4.69) is 10.3 Å². The molecule has 0 aliphatic rings. The zero-order valence-corrected chi connectivity index (χ0v) is 8.83. The van der Waals surface area contributed by atoms with Crippen LogP contribution < -0.4 is 5.32 Å². The van der Waals surface area contributed by atoms with Gasteiger partial charge in [-0.2, -0.15) is 0 Å². The molecule has 2 N–H and O–H groups in total. The molecule has 0 bridgehead atoms. The lowest BCUT2D eigenvalue weighted by molar-refractivity contribution is 0.0953. The molecule has 0 saturated heterocycles. The van der Waals surface area contributed by atoms with E-state index in [1.54, 1.807) is 6.07 Å². The fourth-order valence-corrected chi connectivity index (χ4v) is 1.09. The number of amides is 1. The maximum atomic E-state index is 11.5. The smallest absolute Gasteiger partial charge is 0.267 e. The molecule has 1 aromatic heterocycles. The maximum absolute atomic E-state index is 11.5. The zero-order chi connectivity index (χ0) is 11.3. The number of aromatic amines is 1. The van der Waals surface area contributed by atoms with Crippen molar-refractivity contribution in [3.8, 4) is 0 Å². The lowest BCUT2D eigenvalue weighted by Gasteiger charge is -1.98. The van der Waals surface area contributed by atoms with Crippen molar-refractivity contribution in [2.24, 2.45) is 0 Å². The Balaban J connectivity index is 2.62. The Kier molecular flexibility index (Phi) is 3.85. The molecule has 1 aromatic rings. The molecule has 0 aliphatic heterocycles. The highest BCUT2D eigenvalue weighted by Gasteiger charge is 2.08. The molecule has 1 amide bonds. The second-order valence-electron chi connectivity index (χ2n) is 3.14. The van der Waals surface area contributed by atoms with Crippen molar-refractivity contribution in [3.05, 3.63) is 35.7 Å². The number of H-pyrrole nitrogens is 1. The zero-order valence-electron chi connectivity index (χ0n) is 8.83. The number of ketones is 1. The number of carbonyl (C=O) groups is 2. The minimum absolute atomic E-state index is 0.0567. The first-order chi connectivity index (χ1) is 7.15. The van der Waals surface area contributed by atoms with Crippen molar-refractivity contribution in [1.29, 1.82) is 0 Å². The van der Waals surface area contributed by atoms with Crippen LogP contribution in [0.2, 0.25) is 0 Å². The van der Waals surface area contributed by atoms with E-state index in [9.17, 15) is 9.59 Å². The van der Waals surface area contributed by atoms with Gasteiger partial charge in [0.1, 0.15) is 5.69 Å². The molecule has 1 heterocycles. The second kappa shape index (κ2) is 5.14. The molecule has 0 aromatic carbocycles. The molecule has 0 spiro atoms. The summed E-state index contributed by atoms with van der Waals surface area (Å²) in [5, 5.41) is 2.68. The van der Waals surface area contributed by atoms with Crippen molar-refractivity contribution in [2.45, 2.75) is 13.8 Å². The van der Waals surface area contributed by atoms with Gasteiger partial charge in [0.25, 0.3) is 5.91 Å². The van der Waals surface area contributed by atoms with E-state index in [1.165, 1.54) is 13.1 Å². The maximum Gasteiger partial charge on any atom is 0.267 e. The molecular weight excluding hydrogens is 192 g/mol. The lowest BCUT2D eigenvalue weighted by atomic mass is 10.2. The highest BCUT2D eigenvalue weighted by atomic mass is 16.2. The summed E-state index contributed by atoms with van der Waals surface area (Å²) in [5.74, 6) is -0.264. The molecule has 0 fully saturated rings. The number of nitrogens with one attached hydrogen (secondary N) is 2. The average Bonchev–Trinajstić information content (AvgIpc) is 2.66. The van der Waals surface area contributed by atoms with Crippen molar-refractivity contribution in [1.82, 2.24) is 10.3 Å². The molecule has 0 unspecified atom stereocenters. The molecule has 0 atom stereocenters. The molecule has 15 heavy (non-hydrogen) atoms. The highest BCUT2D eigenvalue weighted by Crippen LogP contribution is 2.03. The number of carbonyl (C=O) groups excluding carboxylic acids is 2. The van der Waals surface area contributed by atoms with Crippen LogP contribution in [-0.2, 0) is 0 Å². The van der Waals surface area contributed by atoms with E-state index in [0.29, 0.717) is 17.8 Å². The van der Waals surface area contributed by atoms with Gasteiger partial charge in [-0.05, 0) is 19.9 Å². The number of allylic oxidation sites excluding steroid dienone is 1. The van der Waals surface area contributed by atoms with E-state index in [4.69, 9.17) is 0 Å². The third-order valence-corrected chi connectivity index (χ3v) is 1.95. The fraction of sp³-hybridized carbons (Fsp3) is 0.273. The first-order valence-electron chi connectivity index (χ1n) is 4.74. The van der Waals surface area contributed by atoms with E-state index in [-0.39, 0.29) is 11.7 Å². The minimum atomic E-state index is -0.208. The molecule has 0 aliphatic carbocycles. The Morgan fingerprint density at radius 1 is 1.53 bits per heavy atom. The highest BCUT2D eigenvalue weighted by molar-refractivity contribution is 5.99. The summed E-state index contributed by atoms with van der Waals surface area (Å²) in [4.78, 5) is 25.2. The van der Waals surface area contributed by atoms with Crippen LogP contribution in [0.25, 0.3) is 0 Å². The van der Waals surface area contributed by atoms with Gasteiger partial charge in [0.15, 0.2) is 5.78 Å². The molecule has 4 nitrogen and oxygen atoms in total. The summed E-state index contributed by atoms with van der Waals surface area (Å²) in [6.45, 7) is 3.84. The number of hydrogen-bond acceptors (Lipinski definition) is 2. The van der Waals surface area contributed by atoms with Crippen LogP contribution in [0.15, 0.2) is 24.4 Å². The van der Waals surface area contributed by atoms with Crippen LogP contribution in [0.4, 0.5) is 0 Å². The second-order valence-corrected chi connectivity index (χ2v) is 3.14. The van der Waals surface area contributed by atoms with E-state index >= 15 is 0 Å². The van der Waals surface area contributed by atoms with Crippen LogP contribution in [0.5, 0.6) is 0 Å². The van der Waals surface area contributed by atoms with E-state index in [1.807, 2.05) is 19.1 Å². The number of hydrogen-bond donors (Lipinski definition) is 2. The Morgan fingerprint density at radius 3 is 2.80 bits per heavy atom. The van der Waals surface area contributed by atoms with Gasteiger partial charge in [0.2, 0.25) is 0 Å². The van der Waals surface area contributed by atoms with Crippen LogP contribution >= 0.6 is 0 Å². The van der Waals surface area contributed by atoms with Gasteiger partial charge >= 0.3 is 0 Å². The molecule has 4 heteroatoms. The normalized spacial score (nSPS) is 10.5. The first kappa shape index (κ1) is 11.2. The third kappa shape index (κ3) is 3.09. The van der Waals surface area contributed by atoms with Gasteiger partial charge in [-0.1, -0.05) is 12.2 Å². The average molecular weight is 206 g/mol. The molecule has 80 valence electrons. The summed E-state index contributed by atoms with van der Waals surface area (Å²) >= 11 is 0.